The predicted molar refractivity (Wildman–Crippen MR) is 86.1 cm³/mol. The zero-order valence-electron chi connectivity index (χ0n) is 12.0. The van der Waals surface area contributed by atoms with Gasteiger partial charge < -0.3 is 14.8 Å². The van der Waals surface area contributed by atoms with Crippen LogP contribution >= 0.6 is 11.8 Å². The van der Waals surface area contributed by atoms with E-state index >= 15 is 0 Å². The highest BCUT2D eigenvalue weighted by Gasteiger charge is 2.17. The smallest absolute Gasteiger partial charge is 0.231 e. The van der Waals surface area contributed by atoms with Crippen molar-refractivity contribution in [3.63, 3.8) is 0 Å². The molecule has 110 valence electrons. The van der Waals surface area contributed by atoms with E-state index in [0.29, 0.717) is 12.8 Å². The summed E-state index contributed by atoms with van der Waals surface area (Å²) < 4.78 is 10.8. The van der Waals surface area contributed by atoms with Crippen LogP contribution in [0.15, 0.2) is 53.4 Å². The number of thioether (sulfide) groups is 1. The third-order valence-corrected chi connectivity index (χ3v) is 4.51. The Morgan fingerprint density at radius 1 is 1.10 bits per heavy atom. The largest absolute Gasteiger partial charge is 0.454 e. The summed E-state index contributed by atoms with van der Waals surface area (Å²) in [7, 11) is 0. The SMILES string of the molecule is CCNC(CSc1ccccc1)c1ccc2c(c1)OCO2. The Balaban J connectivity index is 1.72. The van der Waals surface area contributed by atoms with Gasteiger partial charge in [0, 0.05) is 16.7 Å². The molecule has 0 saturated heterocycles. The van der Waals surface area contributed by atoms with Gasteiger partial charge in [-0.2, -0.15) is 0 Å². The average Bonchev–Trinajstić information content (AvgIpc) is 3.00. The summed E-state index contributed by atoms with van der Waals surface area (Å²) >= 11 is 1.86. The van der Waals surface area contributed by atoms with Crippen molar-refractivity contribution in [2.45, 2.75) is 17.9 Å². The molecule has 1 atom stereocenters. The molecular weight excluding hydrogens is 282 g/mol. The third kappa shape index (κ3) is 3.52. The van der Waals surface area contributed by atoms with Crippen LogP contribution in [-0.4, -0.2) is 19.1 Å². The molecule has 1 N–H and O–H groups in total. The highest BCUT2D eigenvalue weighted by Crippen LogP contribution is 2.35. The number of hydrogen-bond donors (Lipinski definition) is 1. The van der Waals surface area contributed by atoms with E-state index in [2.05, 4.69) is 48.6 Å². The fraction of sp³-hybridized carbons (Fsp3) is 0.294. The van der Waals surface area contributed by atoms with Gasteiger partial charge in [-0.1, -0.05) is 31.2 Å². The van der Waals surface area contributed by atoms with E-state index in [4.69, 9.17) is 9.47 Å². The minimum absolute atomic E-state index is 0.301. The van der Waals surface area contributed by atoms with Crippen molar-refractivity contribution in [3.05, 3.63) is 54.1 Å². The second kappa shape index (κ2) is 6.87. The van der Waals surface area contributed by atoms with Gasteiger partial charge in [0.25, 0.3) is 0 Å². The van der Waals surface area contributed by atoms with Crippen LogP contribution in [0.25, 0.3) is 0 Å². The topological polar surface area (TPSA) is 30.5 Å². The zero-order valence-corrected chi connectivity index (χ0v) is 12.9. The van der Waals surface area contributed by atoms with Crippen LogP contribution < -0.4 is 14.8 Å². The maximum atomic E-state index is 5.47. The summed E-state index contributed by atoms with van der Waals surface area (Å²) in [4.78, 5) is 1.29. The van der Waals surface area contributed by atoms with Crippen LogP contribution in [0.1, 0.15) is 18.5 Å². The van der Waals surface area contributed by atoms with E-state index < -0.39 is 0 Å². The van der Waals surface area contributed by atoms with Gasteiger partial charge in [-0.05, 0) is 36.4 Å². The van der Waals surface area contributed by atoms with Crippen molar-refractivity contribution >= 4 is 11.8 Å². The molecule has 0 amide bonds. The van der Waals surface area contributed by atoms with Crippen molar-refractivity contribution in [2.24, 2.45) is 0 Å². The van der Waals surface area contributed by atoms with E-state index in [1.165, 1.54) is 10.5 Å². The molecule has 4 heteroatoms. The standard InChI is InChI=1S/C17H19NO2S/c1-2-18-15(11-21-14-6-4-3-5-7-14)13-8-9-16-17(10-13)20-12-19-16/h3-10,15,18H,2,11-12H2,1H3. The molecule has 0 aliphatic carbocycles. The molecule has 1 aliphatic heterocycles. The molecule has 0 saturated carbocycles. The van der Waals surface area contributed by atoms with Gasteiger partial charge >= 0.3 is 0 Å². The lowest BCUT2D eigenvalue weighted by Gasteiger charge is -2.18. The predicted octanol–water partition coefficient (Wildman–Crippen LogP) is 3.86. The molecule has 21 heavy (non-hydrogen) atoms. The van der Waals surface area contributed by atoms with Crippen LogP contribution in [0.5, 0.6) is 11.5 Å². The highest BCUT2D eigenvalue weighted by atomic mass is 32.2. The van der Waals surface area contributed by atoms with Crippen LogP contribution in [-0.2, 0) is 0 Å². The van der Waals surface area contributed by atoms with Gasteiger partial charge in [0.05, 0.1) is 0 Å². The molecule has 3 nitrogen and oxygen atoms in total. The second-order valence-corrected chi connectivity index (χ2v) is 5.94. The number of nitrogens with one attached hydrogen (secondary N) is 1. The quantitative estimate of drug-likeness (QED) is 0.821. The lowest BCUT2D eigenvalue weighted by atomic mass is 10.1. The lowest BCUT2D eigenvalue weighted by Crippen LogP contribution is -2.22. The third-order valence-electron chi connectivity index (χ3n) is 3.41. The number of fused-ring (bicyclic) bond motifs is 1. The minimum atomic E-state index is 0.301. The molecule has 1 unspecified atom stereocenters. The molecule has 0 spiro atoms. The Bertz CT molecular complexity index is 589. The second-order valence-electron chi connectivity index (χ2n) is 4.85. The van der Waals surface area contributed by atoms with Crippen molar-refractivity contribution in [1.29, 1.82) is 0 Å². The van der Waals surface area contributed by atoms with E-state index in [-0.39, 0.29) is 0 Å². The first-order valence-corrected chi connectivity index (χ1v) is 8.16. The summed E-state index contributed by atoms with van der Waals surface area (Å²) in [6.07, 6.45) is 0. The Labute approximate surface area is 129 Å². The molecule has 1 heterocycles. The van der Waals surface area contributed by atoms with Crippen LogP contribution in [0.4, 0.5) is 0 Å². The Morgan fingerprint density at radius 3 is 2.71 bits per heavy atom. The highest BCUT2D eigenvalue weighted by molar-refractivity contribution is 7.99. The molecule has 0 radical (unpaired) electrons. The molecule has 0 bridgehead atoms. The van der Waals surface area contributed by atoms with Crippen LogP contribution in [0, 0.1) is 0 Å². The number of ether oxygens (including phenoxy) is 2. The number of benzene rings is 2. The molecule has 2 aromatic rings. The summed E-state index contributed by atoms with van der Waals surface area (Å²) in [5, 5.41) is 3.54. The Hall–Kier alpha value is -1.65. The summed E-state index contributed by atoms with van der Waals surface area (Å²) in [5.74, 6) is 2.67. The Kier molecular flexibility index (Phi) is 4.68. The van der Waals surface area contributed by atoms with Crippen molar-refractivity contribution < 1.29 is 9.47 Å². The molecular formula is C17H19NO2S. The number of rotatable bonds is 6. The maximum Gasteiger partial charge on any atom is 0.231 e. The first-order valence-electron chi connectivity index (χ1n) is 7.17. The van der Waals surface area contributed by atoms with Crippen LogP contribution in [0.3, 0.4) is 0 Å². The number of hydrogen-bond acceptors (Lipinski definition) is 4. The van der Waals surface area contributed by atoms with E-state index in [9.17, 15) is 0 Å². The fourth-order valence-electron chi connectivity index (χ4n) is 2.35. The van der Waals surface area contributed by atoms with Gasteiger partial charge in [-0.15, -0.1) is 11.8 Å². The fourth-order valence-corrected chi connectivity index (χ4v) is 3.36. The minimum Gasteiger partial charge on any atom is -0.454 e. The average molecular weight is 301 g/mol. The molecule has 2 aromatic carbocycles. The van der Waals surface area contributed by atoms with Gasteiger partial charge in [0.1, 0.15) is 0 Å². The summed E-state index contributed by atoms with van der Waals surface area (Å²) in [6, 6.07) is 17.0. The van der Waals surface area contributed by atoms with Crippen molar-refractivity contribution in [3.8, 4) is 11.5 Å². The maximum absolute atomic E-state index is 5.47. The normalized spacial score (nSPS) is 14.1. The molecule has 3 rings (SSSR count). The van der Waals surface area contributed by atoms with Gasteiger partial charge in [0.2, 0.25) is 6.79 Å². The van der Waals surface area contributed by atoms with Gasteiger partial charge in [0.15, 0.2) is 11.5 Å². The lowest BCUT2D eigenvalue weighted by molar-refractivity contribution is 0.174. The summed E-state index contributed by atoms with van der Waals surface area (Å²) in [5.41, 5.74) is 1.24. The van der Waals surface area contributed by atoms with E-state index in [1.54, 1.807) is 0 Å². The van der Waals surface area contributed by atoms with Crippen molar-refractivity contribution in [2.75, 3.05) is 19.1 Å². The molecule has 0 fully saturated rings. The Morgan fingerprint density at radius 2 is 1.90 bits per heavy atom. The van der Waals surface area contributed by atoms with Gasteiger partial charge in [-0.25, -0.2) is 0 Å². The molecule has 0 aromatic heterocycles. The zero-order chi connectivity index (χ0) is 14.5. The first-order chi connectivity index (χ1) is 10.4. The van der Waals surface area contributed by atoms with Gasteiger partial charge in [-0.3, -0.25) is 0 Å². The van der Waals surface area contributed by atoms with E-state index in [0.717, 1.165) is 23.8 Å². The van der Waals surface area contributed by atoms with E-state index in [1.807, 2.05) is 23.9 Å². The molecule has 1 aliphatic rings. The first kappa shape index (κ1) is 14.3. The summed E-state index contributed by atoms with van der Waals surface area (Å²) in [6.45, 7) is 3.39. The van der Waals surface area contributed by atoms with Crippen LogP contribution in [0.2, 0.25) is 0 Å². The van der Waals surface area contributed by atoms with Crippen molar-refractivity contribution in [1.82, 2.24) is 5.32 Å². The monoisotopic (exact) mass is 301 g/mol.